The van der Waals surface area contributed by atoms with Crippen LogP contribution in [0.4, 0.5) is 4.39 Å². The van der Waals surface area contributed by atoms with E-state index in [-0.39, 0.29) is 0 Å². The highest BCUT2D eigenvalue weighted by atomic mass is 19.1. The zero-order valence-electron chi connectivity index (χ0n) is 8.82. The van der Waals surface area contributed by atoms with Crippen molar-refractivity contribution in [3.63, 3.8) is 0 Å². The fourth-order valence-electron chi connectivity index (χ4n) is 0.580. The lowest BCUT2D eigenvalue weighted by atomic mass is 10.2. The van der Waals surface area contributed by atoms with E-state index in [0.717, 1.165) is 6.08 Å². The molecule has 0 fully saturated rings. The lowest BCUT2D eigenvalue weighted by Crippen LogP contribution is -2.10. The monoisotopic (exact) mass is 191 g/mol. The number of hydrogen-bond donors (Lipinski definition) is 0. The quantitative estimate of drug-likeness (QED) is 0.476. The smallest absolute Gasteiger partial charge is 0.133 e. The molecular weight excluding hydrogens is 177 g/mol. The van der Waals surface area contributed by atoms with Crippen LogP contribution in [-0.4, -0.2) is 25.5 Å². The van der Waals surface area contributed by atoms with Crippen molar-refractivity contribution in [3.8, 4) is 23.7 Å². The van der Waals surface area contributed by atoms with Crippen LogP contribution in [-0.2, 0) is 0 Å². The first kappa shape index (κ1) is 12.5. The van der Waals surface area contributed by atoms with Crippen molar-refractivity contribution in [2.45, 2.75) is 6.92 Å². The predicted octanol–water partition coefficient (Wildman–Crippen LogP) is 1.98. The minimum absolute atomic E-state index is 0.360. The number of rotatable bonds is 2. The van der Waals surface area contributed by atoms with E-state index in [2.05, 4.69) is 30.3 Å². The van der Waals surface area contributed by atoms with Gasteiger partial charge in [-0.3, -0.25) is 4.90 Å². The summed E-state index contributed by atoms with van der Waals surface area (Å²) in [6.45, 7) is 5.55. The number of allylic oxidation sites excluding steroid dienone is 3. The highest BCUT2D eigenvalue weighted by molar-refractivity contribution is 5.39. The Hall–Kier alpha value is -1.51. The maximum absolute atomic E-state index is 12.8. The summed E-state index contributed by atoms with van der Waals surface area (Å²) in [6.07, 6.45) is 1.14. The third kappa shape index (κ3) is 6.06. The molecule has 0 N–H and O–H groups in total. The molecule has 0 saturated heterocycles. The van der Waals surface area contributed by atoms with E-state index in [1.807, 2.05) is 19.0 Å². The molecule has 14 heavy (non-hydrogen) atoms. The second kappa shape index (κ2) is 6.95. The SMILES string of the molecule is C=C/C(F)=C(\C)C#CC#CCN(C)C. The Morgan fingerprint density at radius 2 is 2.07 bits per heavy atom. The molecule has 74 valence electrons. The highest BCUT2D eigenvalue weighted by Crippen LogP contribution is 2.03. The lowest BCUT2D eigenvalue weighted by Gasteiger charge is -1.99. The van der Waals surface area contributed by atoms with Crippen LogP contribution in [0.25, 0.3) is 0 Å². The van der Waals surface area contributed by atoms with Crippen molar-refractivity contribution < 1.29 is 4.39 Å². The summed E-state index contributed by atoms with van der Waals surface area (Å²) in [4.78, 5) is 1.93. The Morgan fingerprint density at radius 3 is 2.57 bits per heavy atom. The summed E-state index contributed by atoms with van der Waals surface area (Å²) < 4.78 is 12.8. The zero-order chi connectivity index (χ0) is 11.0. The van der Waals surface area contributed by atoms with Gasteiger partial charge in [-0.05, 0) is 38.9 Å². The van der Waals surface area contributed by atoms with Gasteiger partial charge < -0.3 is 0 Å². The fraction of sp³-hybridized carbons (Fsp3) is 0.333. The first-order valence-corrected chi connectivity index (χ1v) is 4.20. The maximum Gasteiger partial charge on any atom is 0.133 e. The van der Waals surface area contributed by atoms with Crippen LogP contribution in [0.3, 0.4) is 0 Å². The van der Waals surface area contributed by atoms with Crippen molar-refractivity contribution >= 4 is 0 Å². The molecule has 0 aliphatic carbocycles. The molecule has 0 aromatic heterocycles. The lowest BCUT2D eigenvalue weighted by molar-refractivity contribution is 0.464. The van der Waals surface area contributed by atoms with E-state index in [1.54, 1.807) is 6.92 Å². The Kier molecular flexibility index (Phi) is 6.20. The minimum Gasteiger partial charge on any atom is -0.298 e. The molecule has 0 radical (unpaired) electrons. The average Bonchev–Trinajstić information content (AvgIpc) is 2.15. The van der Waals surface area contributed by atoms with Crippen LogP contribution in [0.5, 0.6) is 0 Å². The maximum atomic E-state index is 12.8. The van der Waals surface area contributed by atoms with Crippen LogP contribution < -0.4 is 0 Å². The van der Waals surface area contributed by atoms with Gasteiger partial charge in [0.15, 0.2) is 0 Å². The van der Waals surface area contributed by atoms with Gasteiger partial charge in [-0.25, -0.2) is 4.39 Å². The van der Waals surface area contributed by atoms with E-state index in [0.29, 0.717) is 12.1 Å². The molecule has 0 saturated carbocycles. The van der Waals surface area contributed by atoms with Crippen LogP contribution in [0, 0.1) is 23.7 Å². The van der Waals surface area contributed by atoms with Gasteiger partial charge in [0.1, 0.15) is 5.83 Å². The van der Waals surface area contributed by atoms with Crippen molar-refractivity contribution in [2.75, 3.05) is 20.6 Å². The van der Waals surface area contributed by atoms with Crippen LogP contribution >= 0.6 is 0 Å². The largest absolute Gasteiger partial charge is 0.298 e. The zero-order valence-corrected chi connectivity index (χ0v) is 8.82. The van der Waals surface area contributed by atoms with E-state index in [9.17, 15) is 4.39 Å². The third-order valence-electron chi connectivity index (χ3n) is 1.33. The molecule has 0 unspecified atom stereocenters. The van der Waals surface area contributed by atoms with Gasteiger partial charge in [0, 0.05) is 5.57 Å². The van der Waals surface area contributed by atoms with Crippen LogP contribution in [0.2, 0.25) is 0 Å². The normalized spacial score (nSPS) is 10.6. The topological polar surface area (TPSA) is 3.24 Å². The molecule has 0 amide bonds. The first-order chi connectivity index (χ1) is 6.57. The summed E-state index contributed by atoms with van der Waals surface area (Å²) in [5.74, 6) is 10.2. The van der Waals surface area contributed by atoms with Crippen molar-refractivity contribution in [2.24, 2.45) is 0 Å². The highest BCUT2D eigenvalue weighted by Gasteiger charge is 1.89. The van der Waals surface area contributed by atoms with E-state index < -0.39 is 5.83 Å². The van der Waals surface area contributed by atoms with E-state index >= 15 is 0 Å². The molecule has 0 atom stereocenters. The number of nitrogens with zero attached hydrogens (tertiary/aromatic N) is 1. The fourth-order valence-corrected chi connectivity index (χ4v) is 0.580. The summed E-state index contributed by atoms with van der Waals surface area (Å²) in [7, 11) is 3.84. The van der Waals surface area contributed by atoms with Gasteiger partial charge in [0.2, 0.25) is 0 Å². The molecule has 0 aromatic carbocycles. The van der Waals surface area contributed by atoms with Gasteiger partial charge in [0.25, 0.3) is 0 Å². The van der Waals surface area contributed by atoms with Crippen LogP contribution in [0.15, 0.2) is 24.1 Å². The molecule has 0 aromatic rings. The molecule has 0 rings (SSSR count). The van der Waals surface area contributed by atoms with Gasteiger partial charge in [-0.1, -0.05) is 18.4 Å². The molecular formula is C12H14FN. The average molecular weight is 191 g/mol. The van der Waals surface area contributed by atoms with Crippen molar-refractivity contribution in [3.05, 3.63) is 24.1 Å². The summed E-state index contributed by atoms with van der Waals surface area (Å²) in [5, 5.41) is 0. The summed E-state index contributed by atoms with van der Waals surface area (Å²) in [5.41, 5.74) is 0.360. The summed E-state index contributed by atoms with van der Waals surface area (Å²) in [6, 6.07) is 0. The van der Waals surface area contributed by atoms with Gasteiger partial charge in [-0.15, -0.1) is 0 Å². The van der Waals surface area contributed by atoms with Crippen molar-refractivity contribution in [1.82, 2.24) is 4.90 Å². The minimum atomic E-state index is -0.396. The molecule has 0 bridgehead atoms. The molecule has 0 aliphatic rings. The number of hydrogen-bond acceptors (Lipinski definition) is 1. The Balaban J connectivity index is 4.30. The Morgan fingerprint density at radius 1 is 1.43 bits per heavy atom. The second-order valence-electron chi connectivity index (χ2n) is 2.97. The molecule has 2 heteroatoms. The van der Waals surface area contributed by atoms with Gasteiger partial charge >= 0.3 is 0 Å². The van der Waals surface area contributed by atoms with Crippen LogP contribution in [0.1, 0.15) is 6.92 Å². The van der Waals surface area contributed by atoms with E-state index in [4.69, 9.17) is 0 Å². The van der Waals surface area contributed by atoms with Gasteiger partial charge in [0.05, 0.1) is 6.54 Å². The third-order valence-corrected chi connectivity index (χ3v) is 1.33. The van der Waals surface area contributed by atoms with Crippen molar-refractivity contribution in [1.29, 1.82) is 0 Å². The molecule has 0 spiro atoms. The Bertz CT molecular complexity index is 342. The summed E-state index contributed by atoms with van der Waals surface area (Å²) >= 11 is 0. The standard InChI is InChI=1S/C12H14FN/c1-5-12(13)11(2)9-7-6-8-10-14(3)4/h5H,1,10H2,2-4H3/b12-11-. The predicted molar refractivity (Wildman–Crippen MR) is 58.1 cm³/mol. The molecule has 0 heterocycles. The Labute approximate surface area is 85.3 Å². The number of halogens is 1. The van der Waals surface area contributed by atoms with Gasteiger partial charge in [-0.2, -0.15) is 0 Å². The molecule has 0 aliphatic heterocycles. The molecule has 1 nitrogen and oxygen atoms in total. The second-order valence-corrected chi connectivity index (χ2v) is 2.97. The first-order valence-electron chi connectivity index (χ1n) is 4.20. The van der Waals surface area contributed by atoms with E-state index in [1.165, 1.54) is 0 Å².